The first kappa shape index (κ1) is 14.8. The molecule has 0 amide bonds. The molecular formula is C20H16N4O2. The molecule has 6 heteroatoms. The number of carbonyl (C=O) groups excluding carboxylic acids is 2. The van der Waals surface area contributed by atoms with Crippen molar-refractivity contribution in [2.45, 2.75) is 13.3 Å². The molecule has 6 nitrogen and oxygen atoms in total. The van der Waals surface area contributed by atoms with E-state index < -0.39 is 0 Å². The third kappa shape index (κ3) is 2.12. The summed E-state index contributed by atoms with van der Waals surface area (Å²) in [6, 6.07) is 15.0. The minimum atomic E-state index is 0.112. The average Bonchev–Trinajstić information content (AvgIpc) is 3.42. The van der Waals surface area contributed by atoms with Gasteiger partial charge in [0, 0.05) is 24.8 Å². The van der Waals surface area contributed by atoms with Gasteiger partial charge in [-0.2, -0.15) is 0 Å². The summed E-state index contributed by atoms with van der Waals surface area (Å²) in [5.41, 5.74) is 3.13. The van der Waals surface area contributed by atoms with Gasteiger partial charge in [0.15, 0.2) is 0 Å². The zero-order valence-corrected chi connectivity index (χ0v) is 13.9. The average molecular weight is 344 g/mol. The Bertz CT molecular complexity index is 963. The molecule has 0 N–H and O–H groups in total. The van der Waals surface area contributed by atoms with Gasteiger partial charge in [0.25, 0.3) is 0 Å². The van der Waals surface area contributed by atoms with Gasteiger partial charge in [-0.3, -0.25) is 9.59 Å². The molecule has 6 rings (SSSR count). The van der Waals surface area contributed by atoms with Crippen LogP contribution < -0.4 is 0 Å². The van der Waals surface area contributed by atoms with Crippen LogP contribution in [0.5, 0.6) is 0 Å². The van der Waals surface area contributed by atoms with E-state index in [1.54, 1.807) is 0 Å². The monoisotopic (exact) mass is 344 g/mol. The van der Waals surface area contributed by atoms with Gasteiger partial charge < -0.3 is 18.3 Å². The Morgan fingerprint density at radius 2 is 0.769 bits per heavy atom. The maximum absolute atomic E-state index is 11.8. The van der Waals surface area contributed by atoms with E-state index >= 15 is 0 Å². The van der Waals surface area contributed by atoms with Crippen molar-refractivity contribution in [3.8, 4) is 0 Å². The lowest BCUT2D eigenvalue weighted by Crippen LogP contribution is -2.23. The van der Waals surface area contributed by atoms with Gasteiger partial charge in [0.1, 0.15) is 0 Å². The number of fused-ring (bicyclic) bond motifs is 4. The molecule has 4 aromatic heterocycles. The molecule has 0 bridgehead atoms. The molecule has 4 aromatic rings. The van der Waals surface area contributed by atoms with E-state index in [1.165, 1.54) is 0 Å². The first-order chi connectivity index (χ1) is 12.7. The van der Waals surface area contributed by atoms with E-state index in [0.29, 0.717) is 0 Å². The summed E-state index contributed by atoms with van der Waals surface area (Å²) in [6.45, 7) is 1.49. The first-order valence-corrected chi connectivity index (χ1v) is 8.42. The second-order valence-corrected chi connectivity index (χ2v) is 6.39. The predicted octanol–water partition coefficient (Wildman–Crippen LogP) is 2.68. The highest BCUT2D eigenvalue weighted by Gasteiger charge is 2.22. The molecule has 0 aliphatic carbocycles. The van der Waals surface area contributed by atoms with Gasteiger partial charge in [0.05, 0.1) is 36.1 Å². The lowest BCUT2D eigenvalue weighted by Gasteiger charge is -2.17. The van der Waals surface area contributed by atoms with Crippen molar-refractivity contribution in [1.29, 1.82) is 0 Å². The van der Waals surface area contributed by atoms with Crippen LogP contribution in [-0.4, -0.2) is 29.8 Å². The fraction of sp³-hybridized carbons (Fsp3) is 0.100. The van der Waals surface area contributed by atoms with Crippen LogP contribution in [0.25, 0.3) is 0 Å². The fourth-order valence-corrected chi connectivity index (χ4v) is 3.56. The van der Waals surface area contributed by atoms with Gasteiger partial charge >= 0.3 is 0 Å². The number of nitrogens with zero attached hydrogens (tertiary/aromatic N) is 4. The molecule has 0 saturated carbocycles. The molecule has 0 unspecified atom stereocenters. The van der Waals surface area contributed by atoms with E-state index in [4.69, 9.17) is 0 Å². The van der Waals surface area contributed by atoms with Crippen LogP contribution >= 0.6 is 0 Å². The predicted molar refractivity (Wildman–Crippen MR) is 95.4 cm³/mol. The van der Waals surface area contributed by atoms with E-state index in [0.717, 1.165) is 36.1 Å². The van der Waals surface area contributed by atoms with Crippen molar-refractivity contribution in [2.24, 2.45) is 0 Å². The Morgan fingerprint density at radius 1 is 0.500 bits per heavy atom. The van der Waals surface area contributed by atoms with Gasteiger partial charge in [-0.05, 0) is 48.5 Å². The van der Waals surface area contributed by atoms with Crippen molar-refractivity contribution in [1.82, 2.24) is 18.3 Å². The molecule has 26 heavy (non-hydrogen) atoms. The second kappa shape index (κ2) is 5.49. The zero-order chi connectivity index (χ0) is 17.7. The van der Waals surface area contributed by atoms with E-state index in [1.807, 2.05) is 91.6 Å². The summed E-state index contributed by atoms with van der Waals surface area (Å²) in [5.74, 6) is 0.225. The molecule has 0 radical (unpaired) electrons. The lowest BCUT2D eigenvalue weighted by molar-refractivity contribution is 0.0998. The quantitative estimate of drug-likeness (QED) is 0.425. The maximum atomic E-state index is 11.8. The minimum absolute atomic E-state index is 0.112. The Labute approximate surface area is 149 Å². The molecule has 2 aliphatic heterocycles. The van der Waals surface area contributed by atoms with Crippen molar-refractivity contribution >= 4 is 11.6 Å². The smallest absolute Gasteiger partial charge is 0.225 e. The molecular weight excluding hydrogens is 328 g/mol. The molecule has 0 spiro atoms. The SMILES string of the molecule is O=C1c2cccn2Cn2cccc21.O=C1c2cccn2Cn2cccc21. The summed E-state index contributed by atoms with van der Waals surface area (Å²) < 4.78 is 7.81. The Balaban J connectivity index is 0.000000115. The highest BCUT2D eigenvalue weighted by molar-refractivity contribution is 6.08. The lowest BCUT2D eigenvalue weighted by atomic mass is 10.2. The van der Waals surface area contributed by atoms with E-state index in [-0.39, 0.29) is 11.6 Å². The number of ketones is 2. The third-order valence-corrected chi connectivity index (χ3v) is 4.86. The summed E-state index contributed by atoms with van der Waals surface area (Å²) >= 11 is 0. The number of hydrogen-bond donors (Lipinski definition) is 0. The number of hydrogen-bond acceptors (Lipinski definition) is 2. The van der Waals surface area contributed by atoms with Crippen LogP contribution in [-0.2, 0) is 13.3 Å². The topological polar surface area (TPSA) is 53.9 Å². The molecule has 0 fully saturated rings. The Morgan fingerprint density at radius 3 is 1.04 bits per heavy atom. The molecule has 2 aliphatic rings. The van der Waals surface area contributed by atoms with Crippen LogP contribution in [0.1, 0.15) is 32.4 Å². The van der Waals surface area contributed by atoms with E-state index in [2.05, 4.69) is 0 Å². The van der Waals surface area contributed by atoms with Gasteiger partial charge in [-0.25, -0.2) is 0 Å². The summed E-state index contributed by atoms with van der Waals surface area (Å²) in [6.07, 6.45) is 7.71. The Hall–Kier alpha value is -3.54. The summed E-state index contributed by atoms with van der Waals surface area (Å²) in [4.78, 5) is 23.6. The first-order valence-electron chi connectivity index (χ1n) is 8.42. The van der Waals surface area contributed by atoms with Crippen molar-refractivity contribution in [3.05, 3.63) is 96.1 Å². The zero-order valence-electron chi connectivity index (χ0n) is 13.9. The Kier molecular flexibility index (Phi) is 3.12. The van der Waals surface area contributed by atoms with Crippen LogP contribution in [0.3, 0.4) is 0 Å². The maximum Gasteiger partial charge on any atom is 0.225 e. The van der Waals surface area contributed by atoms with E-state index in [9.17, 15) is 9.59 Å². The fourth-order valence-electron chi connectivity index (χ4n) is 3.56. The van der Waals surface area contributed by atoms with Crippen molar-refractivity contribution in [3.63, 3.8) is 0 Å². The molecule has 0 saturated heterocycles. The van der Waals surface area contributed by atoms with Crippen LogP contribution in [0.2, 0.25) is 0 Å². The van der Waals surface area contributed by atoms with Crippen molar-refractivity contribution < 1.29 is 9.59 Å². The highest BCUT2D eigenvalue weighted by Crippen LogP contribution is 2.18. The second-order valence-electron chi connectivity index (χ2n) is 6.39. The summed E-state index contributed by atoms with van der Waals surface area (Å²) in [5, 5.41) is 0. The van der Waals surface area contributed by atoms with Crippen LogP contribution in [0, 0.1) is 0 Å². The molecule has 0 aromatic carbocycles. The van der Waals surface area contributed by atoms with Crippen molar-refractivity contribution in [2.75, 3.05) is 0 Å². The largest absolute Gasteiger partial charge is 0.326 e. The number of rotatable bonds is 0. The minimum Gasteiger partial charge on any atom is -0.326 e. The molecule has 0 atom stereocenters. The normalized spacial score (nSPS) is 14.0. The van der Waals surface area contributed by atoms with Crippen LogP contribution in [0.15, 0.2) is 73.3 Å². The summed E-state index contributed by atoms with van der Waals surface area (Å²) in [7, 11) is 0. The number of aromatic nitrogens is 4. The highest BCUT2D eigenvalue weighted by atomic mass is 16.1. The standard InChI is InChI=1S/2C10H8N2O/c2*13-10-8-3-1-5-11(8)7-12-6-2-4-9(10)12/h2*1-6H,7H2. The number of carbonyl (C=O) groups is 2. The van der Waals surface area contributed by atoms with Gasteiger partial charge in [-0.1, -0.05) is 0 Å². The third-order valence-electron chi connectivity index (χ3n) is 4.86. The van der Waals surface area contributed by atoms with Gasteiger partial charge in [0.2, 0.25) is 11.6 Å². The van der Waals surface area contributed by atoms with Crippen LogP contribution in [0.4, 0.5) is 0 Å². The molecule has 128 valence electrons. The molecule has 6 heterocycles. The van der Waals surface area contributed by atoms with Gasteiger partial charge in [-0.15, -0.1) is 0 Å².